The first kappa shape index (κ1) is 16.6. The van der Waals surface area contributed by atoms with Gasteiger partial charge in [0.25, 0.3) is 5.91 Å². The van der Waals surface area contributed by atoms with Crippen LogP contribution in [0.4, 0.5) is 0 Å². The van der Waals surface area contributed by atoms with E-state index in [-0.39, 0.29) is 24.5 Å². The van der Waals surface area contributed by atoms with Crippen LogP contribution in [-0.2, 0) is 13.6 Å². The van der Waals surface area contributed by atoms with Gasteiger partial charge in [0.05, 0.1) is 11.4 Å². The molecule has 128 valence electrons. The third kappa shape index (κ3) is 3.63. The van der Waals surface area contributed by atoms with Gasteiger partial charge in [-0.15, -0.1) is 0 Å². The molecule has 2 aromatic rings. The number of carbonyl (C=O) groups excluding carboxylic acids is 1. The van der Waals surface area contributed by atoms with Gasteiger partial charge in [0.2, 0.25) is 0 Å². The maximum atomic E-state index is 12.5. The lowest BCUT2D eigenvalue weighted by atomic mass is 10.1. The van der Waals surface area contributed by atoms with Gasteiger partial charge in [0.15, 0.2) is 0 Å². The van der Waals surface area contributed by atoms with Crippen LogP contribution in [0.3, 0.4) is 0 Å². The van der Waals surface area contributed by atoms with Crippen LogP contribution in [0.15, 0.2) is 30.5 Å². The molecule has 1 fully saturated rings. The van der Waals surface area contributed by atoms with Crippen LogP contribution in [0.25, 0.3) is 0 Å². The van der Waals surface area contributed by atoms with Crippen molar-refractivity contribution in [3.8, 4) is 0 Å². The second kappa shape index (κ2) is 7.11. The second-order valence-corrected chi connectivity index (χ2v) is 6.33. The van der Waals surface area contributed by atoms with Gasteiger partial charge in [-0.05, 0) is 25.1 Å². The summed E-state index contributed by atoms with van der Waals surface area (Å²) in [6.45, 7) is 4.06. The molecule has 1 aliphatic rings. The number of aromatic nitrogens is 3. The number of hydrogen-bond donors (Lipinski definition) is 2. The number of carbonyl (C=O) groups is 1. The van der Waals surface area contributed by atoms with Crippen LogP contribution in [-0.4, -0.2) is 56.4 Å². The quantitative estimate of drug-likeness (QED) is 0.827. The van der Waals surface area contributed by atoms with Crippen molar-refractivity contribution in [2.45, 2.75) is 19.5 Å². The molecule has 0 aromatic carbocycles. The van der Waals surface area contributed by atoms with Gasteiger partial charge in [-0.2, -0.15) is 5.10 Å². The van der Waals surface area contributed by atoms with E-state index in [1.165, 1.54) is 0 Å². The molecule has 1 aliphatic heterocycles. The Morgan fingerprint density at radius 3 is 2.88 bits per heavy atom. The molecule has 0 radical (unpaired) electrons. The average molecular weight is 329 g/mol. The number of nitrogens with zero attached hydrogens (tertiary/aromatic N) is 4. The predicted octanol–water partition coefficient (Wildman–Crippen LogP) is 0.346. The van der Waals surface area contributed by atoms with Crippen LogP contribution in [0, 0.1) is 12.8 Å². The molecule has 0 aliphatic carbocycles. The maximum Gasteiger partial charge on any atom is 0.269 e. The molecular formula is C17H23N5O2. The number of aliphatic hydroxyl groups excluding tert-OH is 1. The summed E-state index contributed by atoms with van der Waals surface area (Å²) in [5, 5.41) is 16.9. The molecule has 1 amide bonds. The van der Waals surface area contributed by atoms with Crippen LogP contribution >= 0.6 is 0 Å². The number of aryl methyl sites for hydroxylation is 2. The Kier molecular flexibility index (Phi) is 4.92. The number of amides is 1. The van der Waals surface area contributed by atoms with Crippen molar-refractivity contribution >= 4 is 5.91 Å². The largest absolute Gasteiger partial charge is 0.396 e. The minimum atomic E-state index is -0.152. The molecule has 2 N–H and O–H groups in total. The van der Waals surface area contributed by atoms with E-state index in [1.54, 1.807) is 24.0 Å². The van der Waals surface area contributed by atoms with Gasteiger partial charge >= 0.3 is 0 Å². The number of pyridine rings is 1. The molecule has 0 spiro atoms. The smallest absolute Gasteiger partial charge is 0.269 e. The summed E-state index contributed by atoms with van der Waals surface area (Å²) in [6.07, 6.45) is 1.78. The summed E-state index contributed by atoms with van der Waals surface area (Å²) in [6, 6.07) is 7.53. The van der Waals surface area contributed by atoms with Crippen LogP contribution in [0.1, 0.15) is 21.9 Å². The highest BCUT2D eigenvalue weighted by atomic mass is 16.3. The number of rotatable bonds is 5. The molecule has 0 unspecified atom stereocenters. The van der Waals surface area contributed by atoms with Gasteiger partial charge in [0, 0.05) is 51.4 Å². The Bertz CT molecular complexity index is 700. The van der Waals surface area contributed by atoms with Crippen molar-refractivity contribution in [1.29, 1.82) is 0 Å². The number of nitrogens with one attached hydrogen (secondary N) is 1. The Morgan fingerprint density at radius 2 is 2.25 bits per heavy atom. The topological polar surface area (TPSA) is 83.3 Å². The van der Waals surface area contributed by atoms with Crippen molar-refractivity contribution < 1.29 is 9.90 Å². The number of likely N-dealkylation sites (tertiary alicyclic amines) is 1. The molecular weight excluding hydrogens is 306 g/mol. The Labute approximate surface area is 141 Å². The fraction of sp³-hybridized carbons (Fsp3) is 0.471. The summed E-state index contributed by atoms with van der Waals surface area (Å²) < 4.78 is 1.58. The van der Waals surface area contributed by atoms with Gasteiger partial charge in [-0.1, -0.05) is 6.07 Å². The summed E-state index contributed by atoms with van der Waals surface area (Å²) in [7, 11) is 1.76. The van der Waals surface area contributed by atoms with E-state index < -0.39 is 0 Å². The summed E-state index contributed by atoms with van der Waals surface area (Å²) in [5.74, 6) is -0.131. The van der Waals surface area contributed by atoms with Crippen LogP contribution in [0.5, 0.6) is 0 Å². The van der Waals surface area contributed by atoms with E-state index >= 15 is 0 Å². The first-order valence-corrected chi connectivity index (χ1v) is 8.11. The molecule has 2 atom stereocenters. The van der Waals surface area contributed by atoms with E-state index in [0.717, 1.165) is 17.9 Å². The normalized spacial score (nSPS) is 21.1. The molecule has 0 saturated carbocycles. The Balaban J connectivity index is 1.64. The second-order valence-electron chi connectivity index (χ2n) is 6.33. The third-order valence-corrected chi connectivity index (χ3v) is 4.41. The summed E-state index contributed by atoms with van der Waals surface area (Å²) >= 11 is 0. The van der Waals surface area contributed by atoms with Gasteiger partial charge in [0.1, 0.15) is 5.69 Å². The molecule has 2 aromatic heterocycles. The van der Waals surface area contributed by atoms with Crippen molar-refractivity contribution in [1.82, 2.24) is 25.0 Å². The molecule has 3 rings (SSSR count). The van der Waals surface area contributed by atoms with Crippen molar-refractivity contribution in [3.05, 3.63) is 47.5 Å². The van der Waals surface area contributed by atoms with E-state index in [1.807, 2.05) is 25.1 Å². The molecule has 7 heteroatoms. The zero-order chi connectivity index (χ0) is 17.1. The van der Waals surface area contributed by atoms with E-state index in [2.05, 4.69) is 20.3 Å². The van der Waals surface area contributed by atoms with Crippen molar-refractivity contribution in [3.63, 3.8) is 0 Å². The van der Waals surface area contributed by atoms with Crippen molar-refractivity contribution in [2.24, 2.45) is 13.0 Å². The lowest BCUT2D eigenvalue weighted by molar-refractivity contribution is 0.0911. The zero-order valence-corrected chi connectivity index (χ0v) is 14.0. The highest BCUT2D eigenvalue weighted by Crippen LogP contribution is 2.19. The minimum absolute atomic E-state index is 0.0204. The molecule has 24 heavy (non-hydrogen) atoms. The lowest BCUT2D eigenvalue weighted by Crippen LogP contribution is -2.42. The van der Waals surface area contributed by atoms with E-state index in [4.69, 9.17) is 0 Å². The maximum absolute atomic E-state index is 12.5. The first-order valence-electron chi connectivity index (χ1n) is 8.11. The van der Waals surface area contributed by atoms with Crippen LogP contribution < -0.4 is 5.32 Å². The Morgan fingerprint density at radius 1 is 1.42 bits per heavy atom. The highest BCUT2D eigenvalue weighted by Gasteiger charge is 2.34. The standard InChI is InChI=1S/C17H23N5O2/c1-12-7-16(21(2)20-12)17(24)19-15-10-22(8-13(15)11-23)9-14-5-3-4-6-18-14/h3-7,13,15,23H,8-11H2,1-2H3,(H,19,24)/t13-,15+/m0/s1. The number of aliphatic hydroxyl groups is 1. The SMILES string of the molecule is Cc1cc(C(=O)N[C@@H]2CN(Cc3ccccn3)C[C@H]2CO)n(C)n1. The lowest BCUT2D eigenvalue weighted by Gasteiger charge is -2.18. The fourth-order valence-electron chi connectivity index (χ4n) is 3.22. The van der Waals surface area contributed by atoms with E-state index in [9.17, 15) is 9.90 Å². The van der Waals surface area contributed by atoms with Gasteiger partial charge in [-0.3, -0.25) is 19.4 Å². The van der Waals surface area contributed by atoms with Crippen molar-refractivity contribution in [2.75, 3.05) is 19.7 Å². The first-order chi connectivity index (χ1) is 11.6. The number of hydrogen-bond acceptors (Lipinski definition) is 5. The minimum Gasteiger partial charge on any atom is -0.396 e. The predicted molar refractivity (Wildman–Crippen MR) is 89.3 cm³/mol. The monoisotopic (exact) mass is 329 g/mol. The Hall–Kier alpha value is -2.25. The molecule has 1 saturated heterocycles. The molecule has 3 heterocycles. The molecule has 0 bridgehead atoms. The third-order valence-electron chi connectivity index (χ3n) is 4.41. The summed E-state index contributed by atoms with van der Waals surface area (Å²) in [4.78, 5) is 19.0. The molecule has 7 nitrogen and oxygen atoms in total. The fourth-order valence-corrected chi connectivity index (χ4v) is 3.22. The zero-order valence-electron chi connectivity index (χ0n) is 14.0. The average Bonchev–Trinajstić information content (AvgIpc) is 3.10. The van der Waals surface area contributed by atoms with Crippen LogP contribution in [0.2, 0.25) is 0 Å². The highest BCUT2D eigenvalue weighted by molar-refractivity contribution is 5.92. The van der Waals surface area contributed by atoms with E-state index in [0.29, 0.717) is 18.8 Å². The van der Waals surface area contributed by atoms with Gasteiger partial charge in [-0.25, -0.2) is 0 Å². The van der Waals surface area contributed by atoms with Gasteiger partial charge < -0.3 is 10.4 Å². The summed E-state index contributed by atoms with van der Waals surface area (Å²) in [5.41, 5.74) is 2.33.